The number of fused-ring (bicyclic) bond motifs is 1. The molecule has 0 bridgehead atoms. The van der Waals surface area contributed by atoms with E-state index in [2.05, 4.69) is 21.2 Å². The normalized spacial score (nSPS) is 28.8. The van der Waals surface area contributed by atoms with E-state index in [4.69, 9.17) is 0 Å². The molecule has 1 aromatic rings. The van der Waals surface area contributed by atoms with Crippen LogP contribution >= 0.6 is 27.3 Å². The first kappa shape index (κ1) is 13.1. The number of thiophene rings is 1. The first-order chi connectivity index (χ1) is 8.48. The standard InChI is InChI=1S/C11H15BrN2O2S2/c1-7-10(2-11(12)17-7)18(15,16)14-5-8-3-13-4-9(8)6-14/h2,8-9,13H,3-6H2,1H3. The zero-order chi connectivity index (χ0) is 12.9. The molecule has 0 aliphatic carbocycles. The van der Waals surface area contributed by atoms with Gasteiger partial charge in [0.1, 0.15) is 0 Å². The summed E-state index contributed by atoms with van der Waals surface area (Å²) in [7, 11) is -3.30. The van der Waals surface area contributed by atoms with E-state index in [-0.39, 0.29) is 0 Å². The summed E-state index contributed by atoms with van der Waals surface area (Å²) in [4.78, 5) is 1.32. The van der Waals surface area contributed by atoms with E-state index in [1.54, 1.807) is 10.4 Å². The Morgan fingerprint density at radius 2 is 2.00 bits per heavy atom. The lowest BCUT2D eigenvalue weighted by molar-refractivity contribution is 0.448. The Hall–Kier alpha value is 0.0500. The molecular formula is C11H15BrN2O2S2. The van der Waals surface area contributed by atoms with Crippen molar-refractivity contribution in [3.63, 3.8) is 0 Å². The van der Waals surface area contributed by atoms with E-state index in [9.17, 15) is 8.42 Å². The Labute approximate surface area is 120 Å². The molecule has 2 atom stereocenters. The minimum atomic E-state index is -3.30. The Balaban J connectivity index is 1.90. The molecule has 100 valence electrons. The number of sulfonamides is 1. The van der Waals surface area contributed by atoms with Crippen LogP contribution < -0.4 is 5.32 Å². The van der Waals surface area contributed by atoms with Crippen LogP contribution in [-0.4, -0.2) is 38.9 Å². The monoisotopic (exact) mass is 350 g/mol. The van der Waals surface area contributed by atoms with Crippen molar-refractivity contribution in [2.45, 2.75) is 11.8 Å². The lowest BCUT2D eigenvalue weighted by atomic mass is 10.0. The molecule has 2 saturated heterocycles. The average molecular weight is 351 g/mol. The number of halogens is 1. The molecule has 2 fully saturated rings. The number of hydrogen-bond acceptors (Lipinski definition) is 4. The topological polar surface area (TPSA) is 49.4 Å². The molecule has 2 unspecified atom stereocenters. The quantitative estimate of drug-likeness (QED) is 0.882. The van der Waals surface area contributed by atoms with E-state index >= 15 is 0 Å². The van der Waals surface area contributed by atoms with Crippen molar-refractivity contribution in [3.8, 4) is 0 Å². The third kappa shape index (κ3) is 2.06. The third-order valence-electron chi connectivity index (χ3n) is 3.82. The zero-order valence-corrected chi connectivity index (χ0v) is 13.2. The maximum absolute atomic E-state index is 12.6. The van der Waals surface area contributed by atoms with Gasteiger partial charge in [-0.1, -0.05) is 0 Å². The molecule has 0 saturated carbocycles. The van der Waals surface area contributed by atoms with Gasteiger partial charge in [-0.2, -0.15) is 4.31 Å². The highest BCUT2D eigenvalue weighted by Crippen LogP contribution is 2.35. The fraction of sp³-hybridized carbons (Fsp3) is 0.636. The van der Waals surface area contributed by atoms with E-state index in [1.165, 1.54) is 11.3 Å². The van der Waals surface area contributed by atoms with Crippen LogP contribution in [-0.2, 0) is 10.0 Å². The van der Waals surface area contributed by atoms with Gasteiger partial charge in [0.05, 0.1) is 8.68 Å². The summed E-state index contributed by atoms with van der Waals surface area (Å²) in [5.41, 5.74) is 0. The van der Waals surface area contributed by atoms with E-state index in [1.807, 2.05) is 6.92 Å². The van der Waals surface area contributed by atoms with Gasteiger partial charge in [0, 0.05) is 18.0 Å². The third-order valence-corrected chi connectivity index (χ3v) is 7.46. The number of rotatable bonds is 2. The van der Waals surface area contributed by atoms with Crippen LogP contribution in [0.5, 0.6) is 0 Å². The number of aryl methyl sites for hydroxylation is 1. The van der Waals surface area contributed by atoms with Crippen molar-refractivity contribution in [1.82, 2.24) is 9.62 Å². The lowest BCUT2D eigenvalue weighted by Gasteiger charge is -2.17. The first-order valence-corrected chi connectivity index (χ1v) is 9.00. The van der Waals surface area contributed by atoms with Crippen LogP contribution in [0.3, 0.4) is 0 Å². The lowest BCUT2D eigenvalue weighted by Crippen LogP contribution is -2.32. The average Bonchev–Trinajstić information content (AvgIpc) is 2.90. The summed E-state index contributed by atoms with van der Waals surface area (Å²) in [6.45, 7) is 5.08. The van der Waals surface area contributed by atoms with Gasteiger partial charge in [-0.25, -0.2) is 8.42 Å². The van der Waals surface area contributed by atoms with Crippen molar-refractivity contribution in [1.29, 1.82) is 0 Å². The summed E-state index contributed by atoms with van der Waals surface area (Å²) in [6, 6.07) is 1.72. The molecule has 3 rings (SSSR count). The second-order valence-corrected chi connectivity index (χ2v) is 9.51. The fourth-order valence-electron chi connectivity index (χ4n) is 2.83. The molecule has 0 spiro atoms. The highest BCUT2D eigenvalue weighted by atomic mass is 79.9. The van der Waals surface area contributed by atoms with Gasteiger partial charge < -0.3 is 5.32 Å². The molecule has 2 aliphatic heterocycles. The van der Waals surface area contributed by atoms with Gasteiger partial charge in [0.2, 0.25) is 10.0 Å². The van der Waals surface area contributed by atoms with E-state index < -0.39 is 10.0 Å². The molecule has 2 aliphatic rings. The predicted octanol–water partition coefficient (Wildman–Crippen LogP) is 1.66. The van der Waals surface area contributed by atoms with Gasteiger partial charge in [0.25, 0.3) is 0 Å². The van der Waals surface area contributed by atoms with Crippen LogP contribution in [0.2, 0.25) is 0 Å². The Morgan fingerprint density at radius 1 is 1.39 bits per heavy atom. The van der Waals surface area contributed by atoms with Gasteiger partial charge >= 0.3 is 0 Å². The number of hydrogen-bond donors (Lipinski definition) is 1. The smallest absolute Gasteiger partial charge is 0.244 e. The summed E-state index contributed by atoms with van der Waals surface area (Å²) in [6.07, 6.45) is 0. The molecular weight excluding hydrogens is 336 g/mol. The Kier molecular flexibility index (Phi) is 3.30. The van der Waals surface area contributed by atoms with Crippen molar-refractivity contribution in [2.24, 2.45) is 11.8 Å². The van der Waals surface area contributed by atoms with Crippen molar-refractivity contribution in [2.75, 3.05) is 26.2 Å². The van der Waals surface area contributed by atoms with Crippen LogP contribution in [0.1, 0.15) is 4.88 Å². The second-order valence-electron chi connectivity index (χ2n) is 4.97. The minimum Gasteiger partial charge on any atom is -0.316 e. The Morgan fingerprint density at radius 3 is 2.50 bits per heavy atom. The molecule has 0 aromatic carbocycles. The van der Waals surface area contributed by atoms with Crippen molar-refractivity contribution < 1.29 is 8.42 Å². The highest BCUT2D eigenvalue weighted by molar-refractivity contribution is 9.11. The van der Waals surface area contributed by atoms with Crippen LogP contribution in [0, 0.1) is 18.8 Å². The molecule has 0 amide bonds. The number of nitrogens with one attached hydrogen (secondary N) is 1. The molecule has 1 N–H and O–H groups in total. The molecule has 3 heterocycles. The molecule has 4 nitrogen and oxygen atoms in total. The second kappa shape index (κ2) is 4.56. The largest absolute Gasteiger partial charge is 0.316 e. The van der Waals surface area contributed by atoms with Crippen LogP contribution in [0.15, 0.2) is 14.7 Å². The highest BCUT2D eigenvalue weighted by Gasteiger charge is 2.42. The SMILES string of the molecule is Cc1sc(Br)cc1S(=O)(=O)N1CC2CNCC2C1. The summed E-state index contributed by atoms with van der Waals surface area (Å²) in [5, 5.41) is 3.32. The minimum absolute atomic E-state index is 0.465. The fourth-order valence-corrected chi connectivity index (χ4v) is 6.77. The number of nitrogens with zero attached hydrogens (tertiary/aromatic N) is 1. The van der Waals surface area contributed by atoms with Crippen molar-refractivity contribution in [3.05, 3.63) is 14.7 Å². The summed E-state index contributed by atoms with van der Waals surface area (Å²) < 4.78 is 27.7. The van der Waals surface area contributed by atoms with Crippen LogP contribution in [0.4, 0.5) is 0 Å². The maximum Gasteiger partial charge on any atom is 0.244 e. The summed E-state index contributed by atoms with van der Waals surface area (Å²) >= 11 is 4.83. The van der Waals surface area contributed by atoms with E-state index in [0.717, 1.165) is 21.8 Å². The van der Waals surface area contributed by atoms with Crippen LogP contribution in [0.25, 0.3) is 0 Å². The van der Waals surface area contributed by atoms with Crippen molar-refractivity contribution >= 4 is 37.3 Å². The molecule has 0 radical (unpaired) electrons. The van der Waals surface area contributed by atoms with Gasteiger partial charge in [-0.15, -0.1) is 11.3 Å². The molecule has 18 heavy (non-hydrogen) atoms. The predicted molar refractivity (Wildman–Crippen MR) is 75.4 cm³/mol. The molecule has 1 aromatic heterocycles. The maximum atomic E-state index is 12.6. The first-order valence-electron chi connectivity index (χ1n) is 5.95. The summed E-state index contributed by atoms with van der Waals surface area (Å²) in [5.74, 6) is 0.976. The van der Waals surface area contributed by atoms with Gasteiger partial charge in [0.15, 0.2) is 0 Å². The Bertz CT molecular complexity index is 558. The molecule has 7 heteroatoms. The zero-order valence-electron chi connectivity index (χ0n) is 10.0. The van der Waals surface area contributed by atoms with Gasteiger partial charge in [-0.3, -0.25) is 0 Å². The van der Waals surface area contributed by atoms with E-state index in [0.29, 0.717) is 29.8 Å². The van der Waals surface area contributed by atoms with Gasteiger partial charge in [-0.05, 0) is 53.8 Å².